The Morgan fingerprint density at radius 1 is 1.38 bits per heavy atom. The molecule has 0 unspecified atom stereocenters. The van der Waals surface area contributed by atoms with Gasteiger partial charge in [0.2, 0.25) is 0 Å². The lowest BCUT2D eigenvalue weighted by Crippen LogP contribution is -2.31. The lowest BCUT2D eigenvalue weighted by atomic mass is 10.2. The van der Waals surface area contributed by atoms with Gasteiger partial charge in [-0.2, -0.15) is 5.26 Å². The maximum Gasteiger partial charge on any atom is 0.328 e. The van der Waals surface area contributed by atoms with Crippen molar-refractivity contribution < 1.29 is 4.74 Å². The number of aryl methyl sites for hydroxylation is 2. The van der Waals surface area contributed by atoms with Crippen LogP contribution in [0, 0.1) is 18.3 Å². The summed E-state index contributed by atoms with van der Waals surface area (Å²) >= 11 is 0. The second kappa shape index (κ2) is 6.57. The molecule has 1 aromatic heterocycles. The second-order valence-corrected chi connectivity index (χ2v) is 4.61. The number of nitriles is 1. The molecule has 1 aromatic carbocycles. The lowest BCUT2D eigenvalue weighted by Gasteiger charge is -2.08. The van der Waals surface area contributed by atoms with E-state index in [0.717, 1.165) is 0 Å². The molecule has 0 spiro atoms. The number of nitrogens with one attached hydrogen (secondary N) is 1. The summed E-state index contributed by atoms with van der Waals surface area (Å²) < 4.78 is 6.98. The second-order valence-electron chi connectivity index (χ2n) is 4.61. The fourth-order valence-corrected chi connectivity index (χ4v) is 1.86. The van der Waals surface area contributed by atoms with Gasteiger partial charge in [-0.15, -0.1) is 0 Å². The summed E-state index contributed by atoms with van der Waals surface area (Å²) in [7, 11) is 0. The Morgan fingerprint density at radius 2 is 2.19 bits per heavy atom. The van der Waals surface area contributed by atoms with E-state index in [1.807, 2.05) is 6.07 Å². The monoisotopic (exact) mass is 285 g/mol. The average molecular weight is 285 g/mol. The van der Waals surface area contributed by atoms with Crippen molar-refractivity contribution in [2.24, 2.45) is 0 Å². The molecule has 6 nitrogen and oxygen atoms in total. The molecule has 21 heavy (non-hydrogen) atoms. The van der Waals surface area contributed by atoms with Crippen LogP contribution in [0.4, 0.5) is 0 Å². The molecule has 1 N–H and O–H groups in total. The molecule has 0 bridgehead atoms. The Hall–Kier alpha value is -2.81. The molecule has 6 heteroatoms. The van der Waals surface area contributed by atoms with Crippen molar-refractivity contribution in [3.05, 3.63) is 62.4 Å². The van der Waals surface area contributed by atoms with Crippen molar-refractivity contribution in [2.45, 2.75) is 19.9 Å². The molecule has 2 aromatic rings. The van der Waals surface area contributed by atoms with Crippen LogP contribution in [0.1, 0.15) is 17.5 Å². The van der Waals surface area contributed by atoms with Crippen LogP contribution in [0.3, 0.4) is 0 Å². The molecular weight excluding hydrogens is 270 g/mol. The van der Waals surface area contributed by atoms with E-state index in [-0.39, 0.29) is 5.56 Å². The van der Waals surface area contributed by atoms with Gasteiger partial charge in [0.15, 0.2) is 0 Å². The zero-order valence-corrected chi connectivity index (χ0v) is 11.6. The SMILES string of the molecule is Cc1cn(CCCOc2cccc(C#N)c2)c(=O)[nH]c1=O. The van der Waals surface area contributed by atoms with Crippen LogP contribution in [-0.2, 0) is 6.54 Å². The van der Waals surface area contributed by atoms with E-state index in [1.54, 1.807) is 31.2 Å². The molecule has 0 saturated carbocycles. The first-order valence-corrected chi connectivity index (χ1v) is 6.53. The predicted octanol–water partition coefficient (Wildman–Crippen LogP) is 1.19. The fourth-order valence-electron chi connectivity index (χ4n) is 1.86. The minimum atomic E-state index is -0.419. The van der Waals surface area contributed by atoms with Gasteiger partial charge in [0, 0.05) is 18.3 Å². The summed E-state index contributed by atoms with van der Waals surface area (Å²) in [6.07, 6.45) is 2.15. The first-order chi connectivity index (χ1) is 10.1. The van der Waals surface area contributed by atoms with Gasteiger partial charge in [0.1, 0.15) is 5.75 Å². The highest BCUT2D eigenvalue weighted by molar-refractivity contribution is 5.36. The van der Waals surface area contributed by atoms with E-state index in [9.17, 15) is 9.59 Å². The Morgan fingerprint density at radius 3 is 2.95 bits per heavy atom. The van der Waals surface area contributed by atoms with Crippen molar-refractivity contribution in [3.8, 4) is 11.8 Å². The fraction of sp³-hybridized carbons (Fsp3) is 0.267. The Balaban J connectivity index is 1.90. The number of benzene rings is 1. The smallest absolute Gasteiger partial charge is 0.328 e. The third-order valence-corrected chi connectivity index (χ3v) is 2.96. The van der Waals surface area contributed by atoms with E-state index in [2.05, 4.69) is 4.98 Å². The predicted molar refractivity (Wildman–Crippen MR) is 77.3 cm³/mol. The minimum absolute atomic E-state index is 0.360. The molecule has 2 rings (SSSR count). The van der Waals surface area contributed by atoms with E-state index in [4.69, 9.17) is 10.00 Å². The van der Waals surface area contributed by atoms with Crippen molar-refractivity contribution in [1.29, 1.82) is 5.26 Å². The van der Waals surface area contributed by atoms with E-state index in [1.165, 1.54) is 10.8 Å². The molecule has 0 atom stereocenters. The van der Waals surface area contributed by atoms with Crippen LogP contribution in [0.25, 0.3) is 0 Å². The van der Waals surface area contributed by atoms with Crippen LogP contribution in [-0.4, -0.2) is 16.2 Å². The largest absolute Gasteiger partial charge is 0.493 e. The number of H-pyrrole nitrogens is 1. The van der Waals surface area contributed by atoms with Gasteiger partial charge in [-0.3, -0.25) is 9.78 Å². The van der Waals surface area contributed by atoms with Gasteiger partial charge in [0.05, 0.1) is 18.2 Å². The number of aromatic nitrogens is 2. The van der Waals surface area contributed by atoms with E-state index < -0.39 is 5.69 Å². The third kappa shape index (κ3) is 3.83. The summed E-state index contributed by atoms with van der Waals surface area (Å²) in [5.41, 5.74) is 0.259. The number of hydrogen-bond acceptors (Lipinski definition) is 4. The Kier molecular flexibility index (Phi) is 4.57. The minimum Gasteiger partial charge on any atom is -0.493 e. The number of rotatable bonds is 5. The van der Waals surface area contributed by atoms with Gasteiger partial charge in [-0.1, -0.05) is 6.07 Å². The summed E-state index contributed by atoms with van der Waals surface area (Å²) in [4.78, 5) is 25.1. The number of aromatic amines is 1. The van der Waals surface area contributed by atoms with Gasteiger partial charge in [-0.05, 0) is 31.5 Å². The molecular formula is C15H15N3O3. The van der Waals surface area contributed by atoms with Crippen molar-refractivity contribution in [3.63, 3.8) is 0 Å². The Labute approximate surface area is 121 Å². The van der Waals surface area contributed by atoms with E-state index in [0.29, 0.717) is 36.4 Å². The van der Waals surface area contributed by atoms with Crippen LogP contribution in [0.2, 0.25) is 0 Å². The van der Waals surface area contributed by atoms with Crippen molar-refractivity contribution in [1.82, 2.24) is 9.55 Å². The standard InChI is InChI=1S/C15H15N3O3/c1-11-10-18(15(20)17-14(11)19)6-3-7-21-13-5-2-4-12(8-13)9-16/h2,4-5,8,10H,3,6-7H2,1H3,(H,17,19,20). The van der Waals surface area contributed by atoms with Crippen molar-refractivity contribution >= 4 is 0 Å². The molecule has 0 aliphatic rings. The molecule has 0 radical (unpaired) electrons. The van der Waals surface area contributed by atoms with Gasteiger partial charge < -0.3 is 9.30 Å². The zero-order valence-electron chi connectivity index (χ0n) is 11.6. The summed E-state index contributed by atoms with van der Waals surface area (Å²) in [6, 6.07) is 8.94. The molecule has 1 heterocycles. The molecule has 108 valence electrons. The van der Waals surface area contributed by atoms with Crippen LogP contribution in [0.15, 0.2) is 40.1 Å². The third-order valence-electron chi connectivity index (χ3n) is 2.96. The average Bonchev–Trinajstić information content (AvgIpc) is 2.48. The van der Waals surface area contributed by atoms with Crippen LogP contribution < -0.4 is 16.0 Å². The first kappa shape index (κ1) is 14.6. The zero-order chi connectivity index (χ0) is 15.2. The maximum absolute atomic E-state index is 11.6. The van der Waals surface area contributed by atoms with Crippen molar-refractivity contribution in [2.75, 3.05) is 6.61 Å². The molecule has 0 fully saturated rings. The maximum atomic E-state index is 11.6. The normalized spacial score (nSPS) is 10.1. The van der Waals surface area contributed by atoms with Crippen LogP contribution >= 0.6 is 0 Å². The quantitative estimate of drug-likeness (QED) is 0.836. The Bertz CT molecular complexity index is 784. The highest BCUT2D eigenvalue weighted by Crippen LogP contribution is 2.12. The van der Waals surface area contributed by atoms with Gasteiger partial charge in [0.25, 0.3) is 5.56 Å². The highest BCUT2D eigenvalue weighted by Gasteiger charge is 2.01. The summed E-state index contributed by atoms with van der Waals surface area (Å²) in [5.74, 6) is 0.624. The molecule has 0 amide bonds. The van der Waals surface area contributed by atoms with Gasteiger partial charge in [-0.25, -0.2) is 4.79 Å². The van der Waals surface area contributed by atoms with Crippen LogP contribution in [0.5, 0.6) is 5.75 Å². The number of hydrogen-bond donors (Lipinski definition) is 1. The number of nitrogens with zero attached hydrogens (tertiary/aromatic N) is 2. The number of ether oxygens (including phenoxy) is 1. The summed E-state index contributed by atoms with van der Waals surface area (Å²) in [5, 5.41) is 8.79. The summed E-state index contributed by atoms with van der Waals surface area (Å²) in [6.45, 7) is 2.52. The molecule has 0 aliphatic carbocycles. The molecule has 0 aliphatic heterocycles. The topological polar surface area (TPSA) is 87.9 Å². The molecule has 0 saturated heterocycles. The first-order valence-electron chi connectivity index (χ1n) is 6.53. The van der Waals surface area contributed by atoms with Gasteiger partial charge >= 0.3 is 5.69 Å². The van der Waals surface area contributed by atoms with E-state index >= 15 is 0 Å². The lowest BCUT2D eigenvalue weighted by molar-refractivity contribution is 0.300. The highest BCUT2D eigenvalue weighted by atomic mass is 16.5.